The van der Waals surface area contributed by atoms with Gasteiger partial charge < -0.3 is 19.7 Å². The van der Waals surface area contributed by atoms with Crippen LogP contribution in [0, 0.1) is 20.8 Å². The second kappa shape index (κ2) is 8.81. The van der Waals surface area contributed by atoms with Gasteiger partial charge in [-0.1, -0.05) is 47.5 Å². The highest BCUT2D eigenvalue weighted by Gasteiger charge is 2.38. The number of phenols is 2. The minimum Gasteiger partial charge on any atom is -0.507 e. The zero-order valence-corrected chi connectivity index (χ0v) is 23.6. The summed E-state index contributed by atoms with van der Waals surface area (Å²) in [6, 6.07) is 20.5. The van der Waals surface area contributed by atoms with Gasteiger partial charge >= 0.3 is 0 Å². The number of aromatic hydroxyl groups is 2. The summed E-state index contributed by atoms with van der Waals surface area (Å²) < 4.78 is 13.1. The van der Waals surface area contributed by atoms with Gasteiger partial charge in [-0.15, -0.1) is 0 Å². The molecule has 4 aromatic carbocycles. The molecule has 4 heteroatoms. The number of hydrogen-bond donors (Lipinski definition) is 2. The van der Waals surface area contributed by atoms with Gasteiger partial charge in [0.1, 0.15) is 34.2 Å². The first-order valence-corrected chi connectivity index (χ1v) is 13.8. The highest BCUT2D eigenvalue weighted by atomic mass is 16.5. The van der Waals surface area contributed by atoms with E-state index in [2.05, 4.69) is 77.1 Å². The summed E-state index contributed by atoms with van der Waals surface area (Å²) >= 11 is 0. The molecule has 6 rings (SSSR count). The van der Waals surface area contributed by atoms with Gasteiger partial charge in [-0.2, -0.15) is 0 Å². The molecule has 0 aromatic heterocycles. The van der Waals surface area contributed by atoms with Crippen LogP contribution in [0.1, 0.15) is 67.0 Å². The molecule has 2 heterocycles. The van der Waals surface area contributed by atoms with Gasteiger partial charge in [-0.05, 0) is 107 Å². The average Bonchev–Trinajstić information content (AvgIpc) is 2.82. The van der Waals surface area contributed by atoms with Crippen molar-refractivity contribution < 1.29 is 19.7 Å². The van der Waals surface area contributed by atoms with E-state index in [1.54, 1.807) is 6.07 Å². The van der Waals surface area contributed by atoms with Crippen molar-refractivity contribution in [3.8, 4) is 45.3 Å². The van der Waals surface area contributed by atoms with Gasteiger partial charge in [0.05, 0.1) is 11.1 Å². The zero-order valence-electron chi connectivity index (χ0n) is 23.6. The van der Waals surface area contributed by atoms with Crippen LogP contribution in [0.15, 0.2) is 60.7 Å². The number of hydrogen-bond acceptors (Lipinski definition) is 4. The van der Waals surface area contributed by atoms with E-state index in [1.807, 2.05) is 19.1 Å². The SMILES string of the molecule is Cc1cc(O)c2c(c1)OC(C)(CCCc1cc(O)c3c(c1)OC(C)(C)c1ccc(C)cc1-3)c1ccc(C)cc1-2. The lowest BCUT2D eigenvalue weighted by Gasteiger charge is -2.38. The average molecular weight is 521 g/mol. The molecule has 39 heavy (non-hydrogen) atoms. The molecule has 0 bridgehead atoms. The topological polar surface area (TPSA) is 58.9 Å². The summed E-state index contributed by atoms with van der Waals surface area (Å²) in [4.78, 5) is 0. The number of rotatable bonds is 4. The summed E-state index contributed by atoms with van der Waals surface area (Å²) in [5.74, 6) is 1.96. The molecule has 4 nitrogen and oxygen atoms in total. The smallest absolute Gasteiger partial charge is 0.132 e. The Morgan fingerprint density at radius 1 is 0.641 bits per heavy atom. The third-order valence-corrected chi connectivity index (χ3v) is 8.29. The molecule has 200 valence electrons. The number of fused-ring (bicyclic) bond motifs is 6. The van der Waals surface area contributed by atoms with Crippen molar-refractivity contribution in [3.63, 3.8) is 0 Å². The fourth-order valence-corrected chi connectivity index (χ4v) is 6.40. The van der Waals surface area contributed by atoms with Crippen molar-refractivity contribution in [1.29, 1.82) is 0 Å². The molecule has 0 aliphatic carbocycles. The highest BCUT2D eigenvalue weighted by molar-refractivity contribution is 5.83. The van der Waals surface area contributed by atoms with Crippen LogP contribution in [-0.4, -0.2) is 10.2 Å². The second-order valence-electron chi connectivity index (χ2n) is 12.0. The van der Waals surface area contributed by atoms with Gasteiger partial charge in [0.2, 0.25) is 0 Å². The number of phenolic OH excluding ortho intramolecular Hbond substituents is 2. The number of benzene rings is 4. The fraction of sp³-hybridized carbons (Fsp3) is 0.314. The Kier molecular flexibility index (Phi) is 5.73. The second-order valence-corrected chi connectivity index (χ2v) is 12.0. The number of ether oxygens (including phenoxy) is 2. The molecule has 0 saturated heterocycles. The van der Waals surface area contributed by atoms with Crippen LogP contribution in [0.5, 0.6) is 23.0 Å². The highest BCUT2D eigenvalue weighted by Crippen LogP contribution is 2.52. The first-order chi connectivity index (χ1) is 18.4. The van der Waals surface area contributed by atoms with Crippen molar-refractivity contribution in [3.05, 3.63) is 94.0 Å². The van der Waals surface area contributed by atoms with E-state index in [-0.39, 0.29) is 11.5 Å². The summed E-state index contributed by atoms with van der Waals surface area (Å²) in [5, 5.41) is 21.9. The van der Waals surface area contributed by atoms with Crippen LogP contribution in [0.25, 0.3) is 22.3 Å². The van der Waals surface area contributed by atoms with Gasteiger partial charge in [-0.25, -0.2) is 0 Å². The van der Waals surface area contributed by atoms with Crippen molar-refractivity contribution in [2.45, 2.75) is 72.0 Å². The Labute approximate surface area is 230 Å². The largest absolute Gasteiger partial charge is 0.507 e. The van der Waals surface area contributed by atoms with E-state index in [0.717, 1.165) is 86.4 Å². The van der Waals surface area contributed by atoms with Crippen molar-refractivity contribution in [2.24, 2.45) is 0 Å². The lowest BCUT2D eigenvalue weighted by atomic mass is 9.80. The maximum atomic E-state index is 11.1. The van der Waals surface area contributed by atoms with E-state index >= 15 is 0 Å². The monoisotopic (exact) mass is 520 g/mol. The quantitative estimate of drug-likeness (QED) is 0.283. The molecule has 1 atom stereocenters. The molecule has 0 saturated carbocycles. The van der Waals surface area contributed by atoms with Crippen LogP contribution >= 0.6 is 0 Å². The molecule has 2 aliphatic rings. The Morgan fingerprint density at radius 3 is 1.92 bits per heavy atom. The van der Waals surface area contributed by atoms with Crippen molar-refractivity contribution in [1.82, 2.24) is 0 Å². The Hall–Kier alpha value is -3.92. The van der Waals surface area contributed by atoms with Crippen molar-refractivity contribution in [2.75, 3.05) is 0 Å². The van der Waals surface area contributed by atoms with Crippen LogP contribution in [0.4, 0.5) is 0 Å². The Balaban J connectivity index is 1.29. The molecule has 4 aromatic rings. The predicted molar refractivity (Wildman–Crippen MR) is 156 cm³/mol. The summed E-state index contributed by atoms with van der Waals surface area (Å²) in [6.07, 6.45) is 2.41. The minimum atomic E-state index is -0.540. The summed E-state index contributed by atoms with van der Waals surface area (Å²) in [5.41, 5.74) is 9.07. The first-order valence-electron chi connectivity index (χ1n) is 13.8. The van der Waals surface area contributed by atoms with E-state index in [9.17, 15) is 10.2 Å². The van der Waals surface area contributed by atoms with E-state index in [1.165, 1.54) is 0 Å². The minimum absolute atomic E-state index is 0.253. The number of aryl methyl sites for hydroxylation is 4. The summed E-state index contributed by atoms with van der Waals surface area (Å²) in [6.45, 7) is 12.4. The molecular formula is C35H36O4. The van der Waals surface area contributed by atoms with Crippen LogP contribution in [-0.2, 0) is 17.6 Å². The molecule has 1 unspecified atom stereocenters. The molecule has 2 aliphatic heterocycles. The van der Waals surface area contributed by atoms with E-state index in [4.69, 9.17) is 9.47 Å². The Morgan fingerprint density at radius 2 is 1.23 bits per heavy atom. The van der Waals surface area contributed by atoms with E-state index in [0.29, 0.717) is 0 Å². The third-order valence-electron chi connectivity index (χ3n) is 8.29. The van der Waals surface area contributed by atoms with Gasteiger partial charge in [0.15, 0.2) is 0 Å². The molecular weight excluding hydrogens is 484 g/mol. The maximum absolute atomic E-state index is 11.1. The fourth-order valence-electron chi connectivity index (χ4n) is 6.40. The zero-order chi connectivity index (χ0) is 27.7. The summed E-state index contributed by atoms with van der Waals surface area (Å²) in [7, 11) is 0. The van der Waals surface area contributed by atoms with Gasteiger partial charge in [0, 0.05) is 11.1 Å². The lowest BCUT2D eigenvalue weighted by molar-refractivity contribution is 0.0715. The van der Waals surface area contributed by atoms with E-state index < -0.39 is 11.2 Å². The van der Waals surface area contributed by atoms with Gasteiger partial charge in [-0.3, -0.25) is 0 Å². The normalized spacial score (nSPS) is 18.2. The lowest BCUT2D eigenvalue weighted by Crippen LogP contribution is -2.33. The predicted octanol–water partition coefficient (Wildman–Crippen LogP) is 8.62. The maximum Gasteiger partial charge on any atom is 0.132 e. The molecule has 0 fully saturated rings. The van der Waals surface area contributed by atoms with Crippen LogP contribution in [0.2, 0.25) is 0 Å². The van der Waals surface area contributed by atoms with Crippen LogP contribution in [0.3, 0.4) is 0 Å². The first kappa shape index (κ1) is 25.4. The van der Waals surface area contributed by atoms with Crippen LogP contribution < -0.4 is 9.47 Å². The molecule has 0 radical (unpaired) electrons. The molecule has 0 amide bonds. The van der Waals surface area contributed by atoms with Gasteiger partial charge in [0.25, 0.3) is 0 Å². The third kappa shape index (κ3) is 4.23. The standard InChI is InChI=1S/C35H36O4/c1-20-9-11-26-24(14-20)32-29(37)18-23(19-31(32)38-34(26,4)5)8-7-13-35(6)27-12-10-21(2)15-25(27)33-28(36)16-22(3)17-30(33)39-35/h9-12,14-19,36-37H,7-8,13H2,1-6H3. The molecule has 2 N–H and O–H groups in total. The molecule has 0 spiro atoms. The Bertz CT molecular complexity index is 1630. The van der Waals surface area contributed by atoms with Crippen molar-refractivity contribution >= 4 is 0 Å².